The summed E-state index contributed by atoms with van der Waals surface area (Å²) in [4.78, 5) is 4.59. The normalized spacial score (nSPS) is 14.2. The highest BCUT2D eigenvalue weighted by Crippen LogP contribution is 1.98. The van der Waals surface area contributed by atoms with Crippen molar-refractivity contribution < 1.29 is 0 Å². The zero-order valence-electron chi connectivity index (χ0n) is 8.88. The Kier molecular flexibility index (Phi) is 6.34. The Hall–Kier alpha value is -0.120. The van der Waals surface area contributed by atoms with Crippen molar-refractivity contribution in [1.82, 2.24) is 9.80 Å². The summed E-state index contributed by atoms with van der Waals surface area (Å²) in [5.41, 5.74) is 5.70. The molecule has 0 aromatic rings. The van der Waals surface area contributed by atoms with E-state index in [1.807, 2.05) is 0 Å². The van der Waals surface area contributed by atoms with E-state index in [1.165, 1.54) is 0 Å². The van der Waals surface area contributed by atoms with Gasteiger partial charge in [-0.3, -0.25) is 4.90 Å². The first-order chi connectivity index (χ1) is 5.65. The fourth-order valence-corrected chi connectivity index (χ4v) is 1.50. The third-order valence-electron chi connectivity index (χ3n) is 2.18. The highest BCUT2D eigenvalue weighted by molar-refractivity contribution is 4.72. The second-order valence-electron chi connectivity index (χ2n) is 3.37. The summed E-state index contributed by atoms with van der Waals surface area (Å²) in [5, 5.41) is 0. The van der Waals surface area contributed by atoms with Gasteiger partial charge < -0.3 is 10.6 Å². The van der Waals surface area contributed by atoms with Gasteiger partial charge in [0.2, 0.25) is 0 Å². The van der Waals surface area contributed by atoms with Crippen LogP contribution in [0.5, 0.6) is 0 Å². The van der Waals surface area contributed by atoms with E-state index in [4.69, 9.17) is 5.73 Å². The van der Waals surface area contributed by atoms with Crippen LogP contribution in [0.2, 0.25) is 0 Å². The van der Waals surface area contributed by atoms with Crippen LogP contribution in [-0.2, 0) is 0 Å². The summed E-state index contributed by atoms with van der Waals surface area (Å²) in [6.45, 7) is 8.35. The Morgan fingerprint density at radius 2 is 1.67 bits per heavy atom. The molecule has 0 aromatic carbocycles. The predicted molar refractivity (Wildman–Crippen MR) is 54.3 cm³/mol. The summed E-state index contributed by atoms with van der Waals surface area (Å²) < 4.78 is 0. The van der Waals surface area contributed by atoms with Gasteiger partial charge in [-0.05, 0) is 27.2 Å². The molecule has 0 radical (unpaired) electrons. The fraction of sp³-hybridized carbons (Fsp3) is 1.00. The molecule has 0 aliphatic rings. The lowest BCUT2D eigenvalue weighted by molar-refractivity contribution is 0.181. The summed E-state index contributed by atoms with van der Waals surface area (Å²) in [7, 11) is 4.18. The van der Waals surface area contributed by atoms with Gasteiger partial charge in [0.15, 0.2) is 0 Å². The van der Waals surface area contributed by atoms with Gasteiger partial charge in [-0.1, -0.05) is 13.8 Å². The molecule has 3 nitrogen and oxygen atoms in total. The van der Waals surface area contributed by atoms with Crippen molar-refractivity contribution in [3.63, 3.8) is 0 Å². The van der Waals surface area contributed by atoms with Crippen LogP contribution in [-0.4, -0.2) is 56.1 Å². The lowest BCUT2D eigenvalue weighted by Crippen LogP contribution is -2.46. The molecule has 2 N–H and O–H groups in total. The standard InChI is InChI=1S/C9H23N3/c1-5-12(6-2)9(7-10)8-11(3)4/h9H,5-8,10H2,1-4H3. The van der Waals surface area contributed by atoms with Crippen molar-refractivity contribution in [3.05, 3.63) is 0 Å². The molecule has 0 saturated carbocycles. The molecular weight excluding hydrogens is 150 g/mol. The number of hydrogen-bond acceptors (Lipinski definition) is 3. The molecule has 0 heterocycles. The molecule has 0 fully saturated rings. The number of hydrogen-bond donors (Lipinski definition) is 1. The van der Waals surface area contributed by atoms with E-state index >= 15 is 0 Å². The van der Waals surface area contributed by atoms with Gasteiger partial charge in [0, 0.05) is 19.1 Å². The van der Waals surface area contributed by atoms with Gasteiger partial charge in [0.1, 0.15) is 0 Å². The average molecular weight is 173 g/mol. The Morgan fingerprint density at radius 3 is 1.92 bits per heavy atom. The molecular formula is C9H23N3. The van der Waals surface area contributed by atoms with Crippen molar-refractivity contribution >= 4 is 0 Å². The second-order valence-corrected chi connectivity index (χ2v) is 3.37. The van der Waals surface area contributed by atoms with Gasteiger partial charge in [-0.2, -0.15) is 0 Å². The predicted octanol–water partition coefficient (Wildman–Crippen LogP) is 0.217. The van der Waals surface area contributed by atoms with E-state index in [2.05, 4.69) is 37.7 Å². The molecule has 0 spiro atoms. The van der Waals surface area contributed by atoms with Crippen molar-refractivity contribution in [2.75, 3.05) is 40.3 Å². The molecule has 12 heavy (non-hydrogen) atoms. The van der Waals surface area contributed by atoms with E-state index in [9.17, 15) is 0 Å². The minimum Gasteiger partial charge on any atom is -0.329 e. The first-order valence-corrected chi connectivity index (χ1v) is 4.74. The smallest absolute Gasteiger partial charge is 0.0345 e. The molecule has 0 aromatic heterocycles. The number of likely N-dealkylation sites (N-methyl/N-ethyl adjacent to an activating group) is 2. The van der Waals surface area contributed by atoms with Gasteiger partial charge in [-0.15, -0.1) is 0 Å². The third kappa shape index (κ3) is 4.04. The van der Waals surface area contributed by atoms with Gasteiger partial charge in [-0.25, -0.2) is 0 Å². The minimum absolute atomic E-state index is 0.509. The molecule has 1 unspecified atom stereocenters. The number of nitrogens with zero attached hydrogens (tertiary/aromatic N) is 2. The van der Waals surface area contributed by atoms with Crippen LogP contribution >= 0.6 is 0 Å². The van der Waals surface area contributed by atoms with E-state index in [0.29, 0.717) is 6.04 Å². The first kappa shape index (κ1) is 11.9. The molecule has 0 aliphatic carbocycles. The quantitative estimate of drug-likeness (QED) is 0.623. The van der Waals surface area contributed by atoms with E-state index in [0.717, 1.165) is 26.2 Å². The van der Waals surface area contributed by atoms with Crippen LogP contribution in [0.4, 0.5) is 0 Å². The van der Waals surface area contributed by atoms with Gasteiger partial charge >= 0.3 is 0 Å². The van der Waals surface area contributed by atoms with E-state index in [1.54, 1.807) is 0 Å². The maximum Gasteiger partial charge on any atom is 0.0345 e. The number of nitrogens with two attached hydrogens (primary N) is 1. The maximum absolute atomic E-state index is 5.70. The van der Waals surface area contributed by atoms with Crippen LogP contribution in [0.1, 0.15) is 13.8 Å². The van der Waals surface area contributed by atoms with Crippen LogP contribution in [0.15, 0.2) is 0 Å². The highest BCUT2D eigenvalue weighted by atomic mass is 15.2. The average Bonchev–Trinajstić information content (AvgIpc) is 2.04. The molecule has 0 saturated heterocycles. The van der Waals surface area contributed by atoms with Gasteiger partial charge in [0.05, 0.1) is 0 Å². The highest BCUT2D eigenvalue weighted by Gasteiger charge is 2.13. The Bertz CT molecular complexity index is 99.9. The lowest BCUT2D eigenvalue weighted by atomic mass is 10.2. The molecule has 0 aliphatic heterocycles. The molecule has 74 valence electrons. The van der Waals surface area contributed by atoms with Crippen molar-refractivity contribution in [1.29, 1.82) is 0 Å². The number of rotatable bonds is 6. The molecule has 0 rings (SSSR count). The Balaban J connectivity index is 3.92. The van der Waals surface area contributed by atoms with Crippen molar-refractivity contribution in [2.24, 2.45) is 5.73 Å². The van der Waals surface area contributed by atoms with Crippen LogP contribution in [0.3, 0.4) is 0 Å². The fourth-order valence-electron chi connectivity index (χ4n) is 1.50. The monoisotopic (exact) mass is 173 g/mol. The zero-order valence-corrected chi connectivity index (χ0v) is 8.88. The molecule has 0 amide bonds. The molecule has 3 heteroatoms. The Labute approximate surface area is 76.5 Å². The van der Waals surface area contributed by atoms with E-state index in [-0.39, 0.29) is 0 Å². The summed E-state index contributed by atoms with van der Waals surface area (Å²) in [6.07, 6.45) is 0. The van der Waals surface area contributed by atoms with Crippen molar-refractivity contribution in [3.8, 4) is 0 Å². The summed E-state index contributed by atoms with van der Waals surface area (Å²) in [6, 6.07) is 0.509. The maximum atomic E-state index is 5.70. The minimum atomic E-state index is 0.509. The summed E-state index contributed by atoms with van der Waals surface area (Å²) >= 11 is 0. The third-order valence-corrected chi connectivity index (χ3v) is 2.18. The second kappa shape index (κ2) is 6.40. The Morgan fingerprint density at radius 1 is 1.17 bits per heavy atom. The van der Waals surface area contributed by atoms with Crippen LogP contribution < -0.4 is 5.73 Å². The largest absolute Gasteiger partial charge is 0.329 e. The van der Waals surface area contributed by atoms with Crippen LogP contribution in [0, 0.1) is 0 Å². The topological polar surface area (TPSA) is 32.5 Å². The SMILES string of the molecule is CCN(CC)C(CN)CN(C)C. The molecule has 0 bridgehead atoms. The first-order valence-electron chi connectivity index (χ1n) is 4.74. The van der Waals surface area contributed by atoms with E-state index < -0.39 is 0 Å². The summed E-state index contributed by atoms with van der Waals surface area (Å²) in [5.74, 6) is 0. The molecule has 1 atom stereocenters. The van der Waals surface area contributed by atoms with Crippen molar-refractivity contribution in [2.45, 2.75) is 19.9 Å². The lowest BCUT2D eigenvalue weighted by Gasteiger charge is -2.30. The zero-order chi connectivity index (χ0) is 9.56. The van der Waals surface area contributed by atoms with Gasteiger partial charge in [0.25, 0.3) is 0 Å². The van der Waals surface area contributed by atoms with Crippen LogP contribution in [0.25, 0.3) is 0 Å².